The van der Waals surface area contributed by atoms with Crippen molar-refractivity contribution in [2.75, 3.05) is 12.5 Å². The van der Waals surface area contributed by atoms with Gasteiger partial charge in [-0.2, -0.15) is 0 Å². The van der Waals surface area contributed by atoms with Crippen LogP contribution < -0.4 is 11.2 Å². The van der Waals surface area contributed by atoms with Crippen LogP contribution in [-0.4, -0.2) is 32.3 Å². The molecule has 17 heavy (non-hydrogen) atoms. The maximum atomic E-state index is 11.3. The summed E-state index contributed by atoms with van der Waals surface area (Å²) in [5.74, 6) is 0.189. The highest BCUT2D eigenvalue weighted by atomic mass is 35.5. The predicted octanol–water partition coefficient (Wildman–Crippen LogP) is -0.345. The van der Waals surface area contributed by atoms with Gasteiger partial charge in [0, 0.05) is 24.8 Å². The maximum Gasteiger partial charge on any atom is 0.330 e. The Labute approximate surface area is 102 Å². The van der Waals surface area contributed by atoms with Crippen molar-refractivity contribution in [2.45, 2.75) is 19.1 Å². The first-order chi connectivity index (χ1) is 8.08. The lowest BCUT2D eigenvalue weighted by molar-refractivity contribution is 0.0782. The van der Waals surface area contributed by atoms with Gasteiger partial charge in [-0.15, -0.1) is 11.6 Å². The van der Waals surface area contributed by atoms with Gasteiger partial charge in [0.2, 0.25) is 0 Å². The summed E-state index contributed by atoms with van der Waals surface area (Å²) >= 11 is 5.59. The van der Waals surface area contributed by atoms with Gasteiger partial charge in [-0.1, -0.05) is 0 Å². The fourth-order valence-electron chi connectivity index (χ4n) is 1.40. The summed E-state index contributed by atoms with van der Waals surface area (Å²) in [5, 5.41) is 18.7. The van der Waals surface area contributed by atoms with Crippen molar-refractivity contribution in [3.63, 3.8) is 0 Å². The molecular weight excluding hydrogens is 248 g/mol. The van der Waals surface area contributed by atoms with Gasteiger partial charge in [-0.25, -0.2) is 4.79 Å². The Kier molecular flexibility index (Phi) is 5.40. The zero-order valence-corrected chi connectivity index (χ0v) is 9.93. The summed E-state index contributed by atoms with van der Waals surface area (Å²) in [6.45, 7) is -0.0588. The third-order valence-electron chi connectivity index (χ3n) is 2.48. The number of hydrogen-bond donors (Lipinski definition) is 3. The van der Waals surface area contributed by atoms with Crippen molar-refractivity contribution in [2.24, 2.45) is 5.92 Å². The lowest BCUT2D eigenvalue weighted by Crippen LogP contribution is -2.31. The topological polar surface area (TPSA) is 95.3 Å². The first-order valence-corrected chi connectivity index (χ1v) is 5.78. The van der Waals surface area contributed by atoms with Crippen LogP contribution in [-0.2, 0) is 0 Å². The number of aliphatic hydroxyl groups is 2. The van der Waals surface area contributed by atoms with Crippen molar-refractivity contribution in [3.05, 3.63) is 33.1 Å². The molecule has 0 radical (unpaired) electrons. The van der Waals surface area contributed by atoms with Crippen LogP contribution >= 0.6 is 11.6 Å². The number of alkyl halides is 1. The number of aromatic nitrogens is 2. The minimum absolute atomic E-state index is 0.0588. The summed E-state index contributed by atoms with van der Waals surface area (Å²) in [6, 6.07) is 1.16. The smallest absolute Gasteiger partial charge is 0.330 e. The minimum atomic E-state index is -1.03. The lowest BCUT2D eigenvalue weighted by atomic mass is 10.1. The molecule has 0 aliphatic carbocycles. The molecule has 6 nitrogen and oxygen atoms in total. The molecule has 0 aromatic carbocycles. The zero-order valence-electron chi connectivity index (χ0n) is 9.17. The fraction of sp³-hybridized carbons (Fsp3) is 0.600. The quantitative estimate of drug-likeness (QED) is 0.611. The Morgan fingerprint density at radius 2 is 2.12 bits per heavy atom. The number of H-pyrrole nitrogens is 1. The number of nitrogens with one attached hydrogen (secondary N) is 1. The summed E-state index contributed by atoms with van der Waals surface area (Å²) in [7, 11) is 0. The van der Waals surface area contributed by atoms with E-state index in [-0.39, 0.29) is 18.9 Å². The fourth-order valence-corrected chi connectivity index (χ4v) is 1.65. The van der Waals surface area contributed by atoms with Crippen LogP contribution in [0.3, 0.4) is 0 Å². The molecule has 0 fully saturated rings. The van der Waals surface area contributed by atoms with Crippen molar-refractivity contribution in [1.29, 1.82) is 0 Å². The normalized spacial score (nSPS) is 14.5. The molecule has 0 saturated carbocycles. The molecule has 1 heterocycles. The minimum Gasteiger partial charge on any atom is -0.396 e. The number of aromatic amines is 1. The molecule has 0 spiro atoms. The van der Waals surface area contributed by atoms with Gasteiger partial charge in [0.1, 0.15) is 6.23 Å². The van der Waals surface area contributed by atoms with Gasteiger partial charge in [0.15, 0.2) is 0 Å². The van der Waals surface area contributed by atoms with Gasteiger partial charge in [0.25, 0.3) is 5.56 Å². The van der Waals surface area contributed by atoms with Crippen LogP contribution in [0.5, 0.6) is 0 Å². The summed E-state index contributed by atoms with van der Waals surface area (Å²) in [6.07, 6.45) is 0.980. The van der Waals surface area contributed by atoms with E-state index >= 15 is 0 Å². The number of nitrogens with zero attached hydrogens (tertiary/aromatic N) is 1. The number of hydrogen-bond acceptors (Lipinski definition) is 4. The van der Waals surface area contributed by atoms with E-state index in [9.17, 15) is 14.7 Å². The molecule has 1 rings (SSSR count). The monoisotopic (exact) mass is 262 g/mol. The van der Waals surface area contributed by atoms with E-state index in [2.05, 4.69) is 4.98 Å². The van der Waals surface area contributed by atoms with E-state index in [1.165, 1.54) is 6.20 Å². The van der Waals surface area contributed by atoms with Gasteiger partial charge < -0.3 is 10.2 Å². The van der Waals surface area contributed by atoms with E-state index < -0.39 is 17.5 Å². The van der Waals surface area contributed by atoms with Gasteiger partial charge >= 0.3 is 5.69 Å². The van der Waals surface area contributed by atoms with Gasteiger partial charge in [-0.05, 0) is 18.8 Å². The summed E-state index contributed by atoms with van der Waals surface area (Å²) < 4.78 is 1.03. The molecule has 7 heteroatoms. The zero-order chi connectivity index (χ0) is 12.8. The van der Waals surface area contributed by atoms with E-state index in [0.717, 1.165) is 10.6 Å². The first kappa shape index (κ1) is 14.0. The molecule has 0 amide bonds. The van der Waals surface area contributed by atoms with E-state index in [1.54, 1.807) is 0 Å². The van der Waals surface area contributed by atoms with Crippen LogP contribution in [0.15, 0.2) is 21.9 Å². The standard InChI is InChI=1S/C10H15ClN2O4/c11-5-7(6-14)1-2-9(16)13-4-3-8(15)12-10(13)17/h3-4,7,9,14,16H,1-2,5-6H2,(H,12,15,17). The van der Waals surface area contributed by atoms with Crippen LogP contribution in [0, 0.1) is 5.92 Å². The highest BCUT2D eigenvalue weighted by Gasteiger charge is 2.12. The van der Waals surface area contributed by atoms with Crippen LogP contribution in [0.2, 0.25) is 0 Å². The molecular formula is C10H15ClN2O4. The summed E-state index contributed by atoms with van der Waals surface area (Å²) in [5.41, 5.74) is -1.16. The van der Waals surface area contributed by atoms with E-state index in [0.29, 0.717) is 12.3 Å². The SMILES string of the molecule is O=c1ccn(C(O)CCC(CO)CCl)c(=O)[nH]1. The Morgan fingerprint density at radius 1 is 1.41 bits per heavy atom. The van der Waals surface area contributed by atoms with E-state index in [4.69, 9.17) is 16.7 Å². The Balaban J connectivity index is 2.67. The second kappa shape index (κ2) is 6.58. The molecule has 0 bridgehead atoms. The third kappa shape index (κ3) is 3.99. The Bertz CT molecular complexity index is 452. The van der Waals surface area contributed by atoms with Gasteiger partial charge in [-0.3, -0.25) is 14.3 Å². The molecule has 1 aromatic heterocycles. The highest BCUT2D eigenvalue weighted by molar-refractivity contribution is 6.18. The van der Waals surface area contributed by atoms with Crippen LogP contribution in [0.4, 0.5) is 0 Å². The lowest BCUT2D eigenvalue weighted by Gasteiger charge is -2.16. The Hall–Kier alpha value is -1.11. The molecule has 96 valence electrons. The molecule has 0 saturated heterocycles. The van der Waals surface area contributed by atoms with Crippen LogP contribution in [0.1, 0.15) is 19.1 Å². The molecule has 2 atom stereocenters. The average Bonchev–Trinajstić information content (AvgIpc) is 2.30. The van der Waals surface area contributed by atoms with Crippen LogP contribution in [0.25, 0.3) is 0 Å². The molecule has 1 aromatic rings. The largest absolute Gasteiger partial charge is 0.396 e. The predicted molar refractivity (Wildman–Crippen MR) is 63.1 cm³/mol. The molecule has 0 aliphatic rings. The number of rotatable bonds is 6. The first-order valence-electron chi connectivity index (χ1n) is 5.24. The maximum absolute atomic E-state index is 11.3. The van der Waals surface area contributed by atoms with Crippen molar-refractivity contribution in [1.82, 2.24) is 9.55 Å². The van der Waals surface area contributed by atoms with Crippen molar-refractivity contribution in [3.8, 4) is 0 Å². The van der Waals surface area contributed by atoms with Gasteiger partial charge in [0.05, 0.1) is 0 Å². The number of halogens is 1. The highest BCUT2D eigenvalue weighted by Crippen LogP contribution is 2.14. The second-order valence-electron chi connectivity index (χ2n) is 3.78. The molecule has 2 unspecified atom stereocenters. The number of aliphatic hydroxyl groups excluding tert-OH is 2. The average molecular weight is 263 g/mol. The Morgan fingerprint density at radius 3 is 2.65 bits per heavy atom. The van der Waals surface area contributed by atoms with E-state index in [1.807, 2.05) is 0 Å². The van der Waals surface area contributed by atoms with Crippen molar-refractivity contribution >= 4 is 11.6 Å². The third-order valence-corrected chi connectivity index (χ3v) is 2.92. The molecule has 0 aliphatic heterocycles. The second-order valence-corrected chi connectivity index (χ2v) is 4.09. The molecule has 3 N–H and O–H groups in total. The summed E-state index contributed by atoms with van der Waals surface area (Å²) in [4.78, 5) is 24.2. The van der Waals surface area contributed by atoms with Crippen molar-refractivity contribution < 1.29 is 10.2 Å².